The first-order valence-corrected chi connectivity index (χ1v) is 5.87. The van der Waals surface area contributed by atoms with Crippen molar-refractivity contribution in [1.29, 1.82) is 0 Å². The van der Waals surface area contributed by atoms with Crippen molar-refractivity contribution in [2.45, 2.75) is 25.8 Å². The highest BCUT2D eigenvalue weighted by Gasteiger charge is 2.30. The van der Waals surface area contributed by atoms with E-state index in [1.807, 2.05) is 30.4 Å². The number of amides is 1. The fourth-order valence-corrected chi connectivity index (χ4v) is 2.28. The number of hydrogen-bond acceptors (Lipinski definition) is 1. The zero-order valence-electron chi connectivity index (χ0n) is 9.36. The van der Waals surface area contributed by atoms with E-state index in [1.165, 1.54) is 12.8 Å². The van der Waals surface area contributed by atoms with Gasteiger partial charge in [-0.25, -0.2) is 0 Å². The van der Waals surface area contributed by atoms with Crippen molar-refractivity contribution >= 4 is 5.91 Å². The van der Waals surface area contributed by atoms with Gasteiger partial charge in [-0.05, 0) is 42.9 Å². The molecule has 0 heterocycles. The third kappa shape index (κ3) is 1.54. The molecule has 82 valence electrons. The zero-order valence-corrected chi connectivity index (χ0v) is 9.36. The summed E-state index contributed by atoms with van der Waals surface area (Å²) in [5.74, 6) is 0.773. The summed E-state index contributed by atoms with van der Waals surface area (Å²) in [7, 11) is 0. The number of fused-ring (bicyclic) bond motifs is 1. The van der Waals surface area contributed by atoms with Gasteiger partial charge in [-0.15, -0.1) is 0 Å². The Kier molecular flexibility index (Phi) is 2.10. The average molecular weight is 213 g/mol. The fraction of sp³-hybridized carbons (Fsp3) is 0.357. The van der Waals surface area contributed by atoms with Crippen molar-refractivity contribution in [1.82, 2.24) is 5.32 Å². The van der Waals surface area contributed by atoms with Crippen LogP contribution in [-0.2, 0) is 4.79 Å². The van der Waals surface area contributed by atoms with Crippen molar-refractivity contribution in [3.05, 3.63) is 47.1 Å². The Morgan fingerprint density at radius 1 is 1.38 bits per heavy atom. The van der Waals surface area contributed by atoms with Gasteiger partial charge in [-0.1, -0.05) is 24.3 Å². The standard InChI is InChI=1S/C14H15NO/c1-9(10-5-6-10)15-14(16)13-8-7-11-3-2-4-12(11)13/h2-4,7-10H,5-6H2,1H3,(H,15,16)/t9-/m1/s1. The van der Waals surface area contributed by atoms with Crippen LogP contribution in [0.4, 0.5) is 0 Å². The number of nitrogens with one attached hydrogen (secondary N) is 1. The summed E-state index contributed by atoms with van der Waals surface area (Å²) in [5.41, 5.74) is 3.04. The van der Waals surface area contributed by atoms with E-state index < -0.39 is 0 Å². The molecule has 3 aliphatic rings. The molecule has 1 saturated carbocycles. The predicted octanol–water partition coefficient (Wildman–Crippen LogP) is 2.26. The first kappa shape index (κ1) is 9.64. The minimum Gasteiger partial charge on any atom is -0.349 e. The van der Waals surface area contributed by atoms with E-state index in [-0.39, 0.29) is 5.91 Å². The molecule has 0 spiro atoms. The lowest BCUT2D eigenvalue weighted by Gasteiger charge is -2.13. The minimum absolute atomic E-state index is 0.0700. The molecule has 0 aliphatic heterocycles. The third-order valence-electron chi connectivity index (χ3n) is 3.50. The monoisotopic (exact) mass is 213 g/mol. The van der Waals surface area contributed by atoms with Gasteiger partial charge in [-0.2, -0.15) is 0 Å². The van der Waals surface area contributed by atoms with Gasteiger partial charge in [0.25, 0.3) is 5.91 Å². The Morgan fingerprint density at radius 2 is 2.19 bits per heavy atom. The van der Waals surface area contributed by atoms with Crippen molar-refractivity contribution in [3.63, 3.8) is 0 Å². The lowest BCUT2D eigenvalue weighted by Crippen LogP contribution is -2.34. The summed E-state index contributed by atoms with van der Waals surface area (Å²) in [6.45, 7) is 2.10. The Morgan fingerprint density at radius 3 is 2.94 bits per heavy atom. The highest BCUT2D eigenvalue weighted by molar-refractivity contribution is 6.00. The Labute approximate surface area is 95.4 Å². The molecular weight excluding hydrogens is 198 g/mol. The van der Waals surface area contributed by atoms with Crippen LogP contribution in [-0.4, -0.2) is 11.9 Å². The van der Waals surface area contributed by atoms with Gasteiger partial charge in [0, 0.05) is 11.6 Å². The largest absolute Gasteiger partial charge is 0.349 e. The SMILES string of the molecule is C[C@@H](NC(=O)C1=C2C=CC=C2C=C1)C1CC1. The second kappa shape index (κ2) is 3.48. The Hall–Kier alpha value is -1.57. The fourth-order valence-electron chi connectivity index (χ4n) is 2.28. The molecular formula is C14H15NO. The van der Waals surface area contributed by atoms with Crippen LogP contribution in [0.3, 0.4) is 0 Å². The smallest absolute Gasteiger partial charge is 0.252 e. The Bertz CT molecular complexity index is 461. The molecule has 2 heteroatoms. The van der Waals surface area contributed by atoms with Gasteiger partial charge < -0.3 is 5.32 Å². The quantitative estimate of drug-likeness (QED) is 0.765. The number of rotatable bonds is 3. The molecule has 3 rings (SSSR count). The van der Waals surface area contributed by atoms with E-state index in [0.29, 0.717) is 12.0 Å². The summed E-state index contributed by atoms with van der Waals surface area (Å²) >= 11 is 0. The number of carbonyl (C=O) groups is 1. The second-order valence-corrected chi connectivity index (χ2v) is 4.74. The molecule has 0 aromatic heterocycles. The number of hydrogen-bond donors (Lipinski definition) is 1. The van der Waals surface area contributed by atoms with E-state index in [9.17, 15) is 4.79 Å². The topological polar surface area (TPSA) is 29.1 Å². The van der Waals surface area contributed by atoms with Gasteiger partial charge in [-0.3, -0.25) is 4.79 Å². The maximum atomic E-state index is 12.0. The molecule has 0 aromatic carbocycles. The number of carbonyl (C=O) groups excluding carboxylic acids is 1. The molecule has 1 N–H and O–H groups in total. The summed E-state index contributed by atoms with van der Waals surface area (Å²) in [6.07, 6.45) is 12.5. The molecule has 16 heavy (non-hydrogen) atoms. The summed E-state index contributed by atoms with van der Waals surface area (Å²) < 4.78 is 0. The molecule has 0 radical (unpaired) electrons. The predicted molar refractivity (Wildman–Crippen MR) is 63.7 cm³/mol. The molecule has 3 aliphatic carbocycles. The molecule has 0 saturated heterocycles. The highest BCUT2D eigenvalue weighted by Crippen LogP contribution is 2.33. The molecule has 2 nitrogen and oxygen atoms in total. The lowest BCUT2D eigenvalue weighted by atomic mass is 10.1. The van der Waals surface area contributed by atoms with Gasteiger partial charge in [0.05, 0.1) is 0 Å². The summed E-state index contributed by atoms with van der Waals surface area (Å²) in [5, 5.41) is 3.09. The zero-order chi connectivity index (χ0) is 11.1. The summed E-state index contributed by atoms with van der Waals surface area (Å²) in [6, 6.07) is 0.312. The van der Waals surface area contributed by atoms with Crippen molar-refractivity contribution < 1.29 is 4.79 Å². The van der Waals surface area contributed by atoms with Crippen LogP contribution in [0.15, 0.2) is 47.1 Å². The first-order valence-electron chi connectivity index (χ1n) is 5.87. The van der Waals surface area contributed by atoms with Crippen LogP contribution < -0.4 is 5.32 Å². The molecule has 1 fully saturated rings. The van der Waals surface area contributed by atoms with Gasteiger partial charge in [0.15, 0.2) is 0 Å². The van der Waals surface area contributed by atoms with E-state index in [2.05, 4.69) is 12.2 Å². The molecule has 0 bridgehead atoms. The first-order chi connectivity index (χ1) is 7.75. The minimum atomic E-state index is 0.0700. The van der Waals surface area contributed by atoms with E-state index in [0.717, 1.165) is 16.7 Å². The van der Waals surface area contributed by atoms with E-state index >= 15 is 0 Å². The van der Waals surface area contributed by atoms with Crippen LogP contribution in [0.25, 0.3) is 0 Å². The van der Waals surface area contributed by atoms with Crippen LogP contribution in [0.5, 0.6) is 0 Å². The van der Waals surface area contributed by atoms with Gasteiger partial charge >= 0.3 is 0 Å². The lowest BCUT2D eigenvalue weighted by molar-refractivity contribution is -0.117. The average Bonchev–Trinajstić information content (AvgIpc) is 2.86. The van der Waals surface area contributed by atoms with Gasteiger partial charge in [0.1, 0.15) is 0 Å². The van der Waals surface area contributed by atoms with Crippen LogP contribution in [0, 0.1) is 5.92 Å². The van der Waals surface area contributed by atoms with Crippen molar-refractivity contribution in [3.8, 4) is 0 Å². The van der Waals surface area contributed by atoms with E-state index in [1.54, 1.807) is 0 Å². The maximum Gasteiger partial charge on any atom is 0.252 e. The normalized spacial score (nSPS) is 23.4. The van der Waals surface area contributed by atoms with E-state index in [4.69, 9.17) is 0 Å². The van der Waals surface area contributed by atoms with Crippen LogP contribution in [0.1, 0.15) is 19.8 Å². The second-order valence-electron chi connectivity index (χ2n) is 4.74. The van der Waals surface area contributed by atoms with Gasteiger partial charge in [0.2, 0.25) is 0 Å². The third-order valence-corrected chi connectivity index (χ3v) is 3.50. The van der Waals surface area contributed by atoms with Crippen LogP contribution in [0.2, 0.25) is 0 Å². The van der Waals surface area contributed by atoms with Crippen molar-refractivity contribution in [2.75, 3.05) is 0 Å². The summed E-state index contributed by atoms with van der Waals surface area (Å²) in [4.78, 5) is 12.0. The number of allylic oxidation sites excluding steroid dienone is 6. The Balaban J connectivity index is 1.75. The maximum absolute atomic E-state index is 12.0. The van der Waals surface area contributed by atoms with Crippen LogP contribution >= 0.6 is 0 Å². The molecule has 1 atom stereocenters. The van der Waals surface area contributed by atoms with Crippen molar-refractivity contribution in [2.24, 2.45) is 5.92 Å². The highest BCUT2D eigenvalue weighted by atomic mass is 16.1. The molecule has 0 unspecified atom stereocenters. The molecule has 1 amide bonds. The molecule has 0 aromatic rings.